The lowest BCUT2D eigenvalue weighted by atomic mass is 10.0. The number of carbonyl (C=O) groups is 1. The van der Waals surface area contributed by atoms with E-state index in [2.05, 4.69) is 31.9 Å². The zero-order valence-electron chi connectivity index (χ0n) is 8.88. The number of carbonyl (C=O) groups excluding carboxylic acids is 1. The SMILES string of the molecule is O=C(c1ccc(Br)cc1)c1ccc(Br)c(Cl)c1F. The number of hydrogen-bond donors (Lipinski definition) is 0. The molecule has 0 atom stereocenters. The van der Waals surface area contributed by atoms with Crippen LogP contribution in [-0.2, 0) is 0 Å². The lowest BCUT2D eigenvalue weighted by molar-refractivity contribution is 0.103. The van der Waals surface area contributed by atoms with Crippen LogP contribution in [0.15, 0.2) is 45.3 Å². The van der Waals surface area contributed by atoms with Crippen LogP contribution < -0.4 is 0 Å². The summed E-state index contributed by atoms with van der Waals surface area (Å²) in [5, 5.41) is -0.0852. The zero-order valence-corrected chi connectivity index (χ0v) is 12.8. The highest BCUT2D eigenvalue weighted by atomic mass is 79.9. The average molecular weight is 392 g/mol. The van der Waals surface area contributed by atoms with E-state index in [9.17, 15) is 9.18 Å². The van der Waals surface area contributed by atoms with Crippen molar-refractivity contribution < 1.29 is 9.18 Å². The molecule has 0 saturated carbocycles. The van der Waals surface area contributed by atoms with Crippen molar-refractivity contribution in [1.82, 2.24) is 0 Å². The van der Waals surface area contributed by atoms with Crippen molar-refractivity contribution in [2.24, 2.45) is 0 Å². The third kappa shape index (κ3) is 2.66. The van der Waals surface area contributed by atoms with Gasteiger partial charge in [0, 0.05) is 14.5 Å². The molecular formula is C13H6Br2ClFO. The minimum atomic E-state index is -0.709. The van der Waals surface area contributed by atoms with Gasteiger partial charge in [-0.25, -0.2) is 4.39 Å². The molecule has 0 aliphatic rings. The second kappa shape index (κ2) is 5.51. The molecule has 2 aromatic rings. The third-order valence-electron chi connectivity index (χ3n) is 2.39. The largest absolute Gasteiger partial charge is 0.288 e. The first-order valence-electron chi connectivity index (χ1n) is 4.94. The van der Waals surface area contributed by atoms with Crippen molar-refractivity contribution in [2.45, 2.75) is 0 Å². The van der Waals surface area contributed by atoms with Crippen molar-refractivity contribution in [3.8, 4) is 0 Å². The van der Waals surface area contributed by atoms with Crippen LogP contribution in [0.5, 0.6) is 0 Å². The van der Waals surface area contributed by atoms with E-state index in [1.54, 1.807) is 30.3 Å². The Morgan fingerprint density at radius 2 is 1.67 bits per heavy atom. The van der Waals surface area contributed by atoms with Crippen LogP contribution >= 0.6 is 43.5 Å². The highest BCUT2D eigenvalue weighted by molar-refractivity contribution is 9.10. The molecule has 0 spiro atoms. The summed E-state index contributed by atoms with van der Waals surface area (Å²) < 4.78 is 15.2. The summed E-state index contributed by atoms with van der Waals surface area (Å²) in [6.45, 7) is 0. The van der Waals surface area contributed by atoms with Gasteiger partial charge in [0.1, 0.15) is 0 Å². The Labute approximate surface area is 125 Å². The quantitative estimate of drug-likeness (QED) is 0.505. The van der Waals surface area contributed by atoms with Crippen molar-refractivity contribution in [2.75, 3.05) is 0 Å². The maximum absolute atomic E-state index is 13.9. The number of benzene rings is 2. The van der Waals surface area contributed by atoms with E-state index in [0.717, 1.165) is 4.47 Å². The lowest BCUT2D eigenvalue weighted by Crippen LogP contribution is -2.04. The van der Waals surface area contributed by atoms with Gasteiger partial charge < -0.3 is 0 Å². The summed E-state index contributed by atoms with van der Waals surface area (Å²) in [6, 6.07) is 9.67. The van der Waals surface area contributed by atoms with Crippen LogP contribution in [0.3, 0.4) is 0 Å². The van der Waals surface area contributed by atoms with Gasteiger partial charge >= 0.3 is 0 Å². The second-order valence-corrected chi connectivity index (χ2v) is 5.71. The van der Waals surface area contributed by atoms with E-state index in [-0.39, 0.29) is 10.6 Å². The molecule has 0 aliphatic carbocycles. The van der Waals surface area contributed by atoms with Crippen molar-refractivity contribution in [1.29, 1.82) is 0 Å². The van der Waals surface area contributed by atoms with Gasteiger partial charge in [-0.15, -0.1) is 0 Å². The van der Waals surface area contributed by atoms with Crippen LogP contribution in [0.4, 0.5) is 4.39 Å². The fourth-order valence-corrected chi connectivity index (χ4v) is 2.19. The van der Waals surface area contributed by atoms with Gasteiger partial charge in [-0.1, -0.05) is 27.5 Å². The fourth-order valence-electron chi connectivity index (χ4n) is 1.46. The Morgan fingerprint density at radius 3 is 2.28 bits per heavy atom. The van der Waals surface area contributed by atoms with Crippen LogP contribution in [0.2, 0.25) is 5.02 Å². The van der Waals surface area contributed by atoms with Gasteiger partial charge in [0.25, 0.3) is 0 Å². The second-order valence-electron chi connectivity index (χ2n) is 3.56. The third-order valence-corrected chi connectivity index (χ3v) is 4.17. The van der Waals surface area contributed by atoms with Gasteiger partial charge in [0.2, 0.25) is 0 Å². The van der Waals surface area contributed by atoms with Crippen LogP contribution in [-0.4, -0.2) is 5.78 Å². The van der Waals surface area contributed by atoms with Gasteiger partial charge in [0.05, 0.1) is 10.6 Å². The Bertz CT molecular complexity index is 611. The molecule has 0 bridgehead atoms. The lowest BCUT2D eigenvalue weighted by Gasteiger charge is -2.05. The molecule has 0 amide bonds. The van der Waals surface area contributed by atoms with Crippen LogP contribution in [0.25, 0.3) is 0 Å². The maximum atomic E-state index is 13.9. The topological polar surface area (TPSA) is 17.1 Å². The predicted octanol–water partition coefficient (Wildman–Crippen LogP) is 5.24. The predicted molar refractivity (Wildman–Crippen MR) is 76.7 cm³/mol. The number of ketones is 1. The van der Waals surface area contributed by atoms with Crippen molar-refractivity contribution in [3.05, 3.63) is 67.3 Å². The summed E-state index contributed by atoms with van der Waals surface area (Å²) in [7, 11) is 0. The Hall–Kier alpha value is -0.710. The summed E-state index contributed by atoms with van der Waals surface area (Å²) in [5.41, 5.74) is 0.376. The minimum absolute atomic E-state index is 0.0366. The molecule has 0 heterocycles. The van der Waals surface area contributed by atoms with Gasteiger partial charge in [-0.05, 0) is 52.3 Å². The number of hydrogen-bond acceptors (Lipinski definition) is 1. The van der Waals surface area contributed by atoms with Gasteiger partial charge in [0.15, 0.2) is 11.6 Å². The molecular weight excluding hydrogens is 386 g/mol. The molecule has 0 fully saturated rings. The smallest absolute Gasteiger partial charge is 0.196 e. The highest BCUT2D eigenvalue weighted by Crippen LogP contribution is 2.28. The summed E-state index contributed by atoms with van der Waals surface area (Å²) in [6.07, 6.45) is 0. The first-order valence-corrected chi connectivity index (χ1v) is 6.91. The monoisotopic (exact) mass is 390 g/mol. The van der Waals surface area contributed by atoms with Crippen LogP contribution in [0, 0.1) is 5.82 Å². The summed E-state index contributed by atoms with van der Waals surface area (Å²) in [5.74, 6) is -1.10. The molecule has 18 heavy (non-hydrogen) atoms. The molecule has 0 radical (unpaired) electrons. The first-order chi connectivity index (χ1) is 8.50. The molecule has 2 rings (SSSR count). The van der Waals surface area contributed by atoms with E-state index in [0.29, 0.717) is 10.0 Å². The Balaban J connectivity index is 2.46. The number of rotatable bonds is 2. The van der Waals surface area contributed by atoms with E-state index < -0.39 is 11.6 Å². The molecule has 0 aromatic heterocycles. The van der Waals surface area contributed by atoms with Gasteiger partial charge in [-0.2, -0.15) is 0 Å². The van der Waals surface area contributed by atoms with Crippen molar-refractivity contribution >= 4 is 49.2 Å². The summed E-state index contributed by atoms with van der Waals surface area (Å²) >= 11 is 12.1. The standard InChI is InChI=1S/C13H6Br2ClFO/c14-8-3-1-7(2-4-8)13(18)9-5-6-10(15)11(16)12(9)17/h1-6H. The molecule has 92 valence electrons. The van der Waals surface area contributed by atoms with Crippen LogP contribution in [0.1, 0.15) is 15.9 Å². The Morgan fingerprint density at radius 1 is 1.06 bits per heavy atom. The van der Waals surface area contributed by atoms with E-state index in [1.165, 1.54) is 6.07 Å². The highest BCUT2D eigenvalue weighted by Gasteiger charge is 2.17. The molecule has 5 heteroatoms. The molecule has 0 saturated heterocycles. The number of halogens is 4. The van der Waals surface area contributed by atoms with E-state index in [1.807, 2.05) is 0 Å². The molecule has 0 aliphatic heterocycles. The van der Waals surface area contributed by atoms with Gasteiger partial charge in [-0.3, -0.25) is 4.79 Å². The normalized spacial score (nSPS) is 10.4. The first kappa shape index (κ1) is 13.7. The fraction of sp³-hybridized carbons (Fsp3) is 0. The summed E-state index contributed by atoms with van der Waals surface area (Å²) in [4.78, 5) is 12.1. The maximum Gasteiger partial charge on any atom is 0.196 e. The van der Waals surface area contributed by atoms with E-state index in [4.69, 9.17) is 11.6 Å². The Kier molecular flexibility index (Phi) is 4.20. The molecule has 2 aromatic carbocycles. The molecule has 0 N–H and O–H groups in total. The minimum Gasteiger partial charge on any atom is -0.288 e. The average Bonchev–Trinajstić information content (AvgIpc) is 2.36. The van der Waals surface area contributed by atoms with E-state index >= 15 is 0 Å². The zero-order chi connectivity index (χ0) is 13.3. The van der Waals surface area contributed by atoms with Crippen molar-refractivity contribution in [3.63, 3.8) is 0 Å². The molecule has 1 nitrogen and oxygen atoms in total. The molecule has 0 unspecified atom stereocenters.